The molecule has 0 bridgehead atoms. The number of hydrogen-bond acceptors (Lipinski definition) is 9. The Hall–Kier alpha value is -2.68. The monoisotopic (exact) mass is 488 g/mol. The summed E-state index contributed by atoms with van der Waals surface area (Å²) in [6, 6.07) is 8.73. The van der Waals surface area contributed by atoms with E-state index in [1.165, 1.54) is 36.4 Å². The normalized spacial score (nSPS) is 18.6. The second-order valence-corrected chi connectivity index (χ2v) is 11.7. The first-order valence-electron chi connectivity index (χ1n) is 8.53. The summed E-state index contributed by atoms with van der Waals surface area (Å²) in [6.45, 7) is -0.413. The first kappa shape index (κ1) is 23.0. The van der Waals surface area contributed by atoms with E-state index in [9.17, 15) is 36.3 Å². The number of carbonyl (C=O) groups excluding carboxylic acids is 1. The molecule has 1 N–H and O–H groups in total. The van der Waals surface area contributed by atoms with Crippen molar-refractivity contribution in [3.05, 3.63) is 57.2 Å². The Morgan fingerprint density at radius 1 is 1.26 bits per heavy atom. The van der Waals surface area contributed by atoms with Gasteiger partial charge in [-0.05, 0) is 12.1 Å². The first-order valence-corrected chi connectivity index (χ1v) is 13.0. The van der Waals surface area contributed by atoms with E-state index in [0.717, 1.165) is 11.2 Å². The summed E-state index contributed by atoms with van der Waals surface area (Å²) in [4.78, 5) is 23.7. The molecule has 31 heavy (non-hydrogen) atoms. The van der Waals surface area contributed by atoms with Gasteiger partial charge >= 0.3 is 0 Å². The highest BCUT2D eigenvalue weighted by Crippen LogP contribution is 2.39. The van der Waals surface area contributed by atoms with Crippen LogP contribution >= 0.6 is 11.8 Å². The Balaban J connectivity index is 1.89. The second kappa shape index (κ2) is 8.45. The molecule has 166 valence electrons. The van der Waals surface area contributed by atoms with Gasteiger partial charge in [0.15, 0.2) is 0 Å². The van der Waals surface area contributed by atoms with Crippen LogP contribution in [0.25, 0.3) is 17.4 Å². The molecule has 1 fully saturated rings. The Morgan fingerprint density at radius 3 is 2.58 bits per heavy atom. The van der Waals surface area contributed by atoms with E-state index in [2.05, 4.69) is 0 Å². The van der Waals surface area contributed by atoms with E-state index in [4.69, 9.17) is 4.42 Å². The van der Waals surface area contributed by atoms with E-state index >= 15 is 0 Å². The number of rotatable bonds is 7. The first-order chi connectivity index (χ1) is 14.3. The molecule has 0 spiro atoms. The number of non-ortho nitro benzene ring substituents is 1. The predicted octanol–water partition coefficient (Wildman–Crippen LogP) is 1.99. The zero-order valence-corrected chi connectivity index (χ0v) is 18.3. The molecule has 1 amide bonds. The average molecular weight is 489 g/mol. The molecule has 3 rings (SSSR count). The van der Waals surface area contributed by atoms with E-state index in [1.54, 1.807) is 6.07 Å². The fraction of sp³-hybridized carbons (Fsp3) is 0.235. The van der Waals surface area contributed by atoms with Gasteiger partial charge in [-0.1, -0.05) is 23.9 Å². The van der Waals surface area contributed by atoms with Gasteiger partial charge in [-0.2, -0.15) is 8.42 Å². The van der Waals surface area contributed by atoms with E-state index in [-0.39, 0.29) is 22.1 Å². The zero-order valence-electron chi connectivity index (χ0n) is 15.9. The highest BCUT2D eigenvalue weighted by Gasteiger charge is 2.43. The molecule has 0 aliphatic carbocycles. The van der Waals surface area contributed by atoms with Crippen LogP contribution < -0.4 is 0 Å². The minimum Gasteiger partial charge on any atom is -0.457 e. The molecule has 1 aliphatic heterocycles. The molecule has 11 nitrogen and oxygen atoms in total. The van der Waals surface area contributed by atoms with E-state index in [0.29, 0.717) is 17.3 Å². The summed E-state index contributed by atoms with van der Waals surface area (Å²) in [6.07, 6.45) is 2.20. The van der Waals surface area contributed by atoms with Gasteiger partial charge in [0.2, 0.25) is 4.71 Å². The summed E-state index contributed by atoms with van der Waals surface area (Å²) in [5.41, 5.74) is 0.294. The molecular weight excluding hydrogens is 472 g/mol. The number of thioether (sulfide) groups is 1. The summed E-state index contributed by atoms with van der Waals surface area (Å²) in [5.74, 6) is -0.803. The number of sulfone groups is 1. The number of furan rings is 1. The van der Waals surface area contributed by atoms with Gasteiger partial charge in [-0.3, -0.25) is 19.5 Å². The summed E-state index contributed by atoms with van der Waals surface area (Å²) in [7, 11) is -8.17. The van der Waals surface area contributed by atoms with Crippen molar-refractivity contribution in [3.8, 4) is 11.3 Å². The van der Waals surface area contributed by atoms with Crippen LogP contribution in [0.4, 0.5) is 5.69 Å². The van der Waals surface area contributed by atoms with Crippen LogP contribution in [0.1, 0.15) is 5.76 Å². The number of carbonyl (C=O) groups is 1. The van der Waals surface area contributed by atoms with Crippen molar-refractivity contribution in [2.45, 2.75) is 4.71 Å². The van der Waals surface area contributed by atoms with Crippen molar-refractivity contribution in [1.82, 2.24) is 4.90 Å². The van der Waals surface area contributed by atoms with Crippen molar-refractivity contribution in [3.63, 3.8) is 0 Å². The lowest BCUT2D eigenvalue weighted by molar-refractivity contribution is -0.384. The largest absolute Gasteiger partial charge is 0.457 e. The van der Waals surface area contributed by atoms with Gasteiger partial charge in [0, 0.05) is 36.6 Å². The molecule has 1 aromatic heterocycles. The zero-order chi connectivity index (χ0) is 23.0. The van der Waals surface area contributed by atoms with Gasteiger partial charge < -0.3 is 9.32 Å². The van der Waals surface area contributed by atoms with E-state index < -0.39 is 47.8 Å². The Bertz CT molecular complexity index is 1280. The predicted molar refractivity (Wildman–Crippen MR) is 113 cm³/mol. The van der Waals surface area contributed by atoms with Gasteiger partial charge in [0.1, 0.15) is 21.4 Å². The van der Waals surface area contributed by atoms with Crippen LogP contribution in [-0.2, 0) is 24.7 Å². The molecule has 1 saturated heterocycles. The third kappa shape index (κ3) is 5.52. The van der Waals surface area contributed by atoms with Crippen LogP contribution in [0.3, 0.4) is 0 Å². The van der Waals surface area contributed by atoms with Gasteiger partial charge in [0.05, 0.1) is 15.6 Å². The van der Waals surface area contributed by atoms with Crippen molar-refractivity contribution in [2.24, 2.45) is 0 Å². The Kier molecular flexibility index (Phi) is 6.27. The molecule has 1 aliphatic rings. The lowest BCUT2D eigenvalue weighted by Crippen LogP contribution is -2.40. The maximum Gasteiger partial charge on any atom is 0.296 e. The SMILES string of the molecule is CS(=O)(=O)CCN1C(=O)C(=Cc2ccc(-c3cccc([N+](=O)[O-])c3)o2)SC1S(=O)(=O)O. The quantitative estimate of drug-likeness (QED) is 0.263. The molecule has 0 radical (unpaired) electrons. The molecular formula is C17H16N2O9S3. The molecule has 1 aromatic carbocycles. The molecule has 1 atom stereocenters. The van der Waals surface area contributed by atoms with Crippen molar-refractivity contribution >= 4 is 49.4 Å². The highest BCUT2D eigenvalue weighted by molar-refractivity contribution is 8.15. The number of benzene rings is 1. The third-order valence-corrected chi connectivity index (χ3v) is 7.86. The van der Waals surface area contributed by atoms with Crippen LogP contribution in [0, 0.1) is 10.1 Å². The second-order valence-electron chi connectivity index (χ2n) is 6.59. The van der Waals surface area contributed by atoms with Gasteiger partial charge in [0.25, 0.3) is 21.7 Å². The molecule has 1 unspecified atom stereocenters. The number of nitrogens with zero attached hydrogens (tertiary/aromatic N) is 2. The maximum atomic E-state index is 12.6. The van der Waals surface area contributed by atoms with Crippen LogP contribution in [0.5, 0.6) is 0 Å². The van der Waals surface area contributed by atoms with Gasteiger partial charge in [-0.15, -0.1) is 0 Å². The lowest BCUT2D eigenvalue weighted by atomic mass is 10.1. The number of nitro groups is 1. The fourth-order valence-electron chi connectivity index (χ4n) is 2.74. The standard InChI is InChI=1S/C17H16N2O9S3/c1-30(23,24)8-7-18-16(20)15(29-17(18)31(25,26)27)10-13-5-6-14(28-13)11-3-2-4-12(9-11)19(21)22/h2-6,9-10,17H,7-8H2,1H3,(H,25,26,27). The summed E-state index contributed by atoms with van der Waals surface area (Å²) < 4.78 is 59.5. The topological polar surface area (TPSA) is 165 Å². The van der Waals surface area contributed by atoms with Crippen molar-refractivity contribution < 1.29 is 35.5 Å². The Labute approximate surface area is 181 Å². The Morgan fingerprint density at radius 2 is 1.97 bits per heavy atom. The number of hydrogen-bond donors (Lipinski definition) is 1. The molecule has 14 heteroatoms. The van der Waals surface area contributed by atoms with Crippen LogP contribution in [-0.4, -0.2) is 60.4 Å². The molecule has 2 aromatic rings. The van der Waals surface area contributed by atoms with Gasteiger partial charge in [-0.25, -0.2) is 8.42 Å². The van der Waals surface area contributed by atoms with E-state index in [1.807, 2.05) is 0 Å². The average Bonchev–Trinajstić information content (AvgIpc) is 3.25. The lowest BCUT2D eigenvalue weighted by Gasteiger charge is -2.20. The third-order valence-electron chi connectivity index (χ3n) is 4.15. The molecule has 0 saturated carbocycles. The summed E-state index contributed by atoms with van der Waals surface area (Å²) in [5, 5.41) is 10.9. The maximum absolute atomic E-state index is 12.6. The smallest absolute Gasteiger partial charge is 0.296 e. The highest BCUT2D eigenvalue weighted by atomic mass is 32.3. The minimum atomic E-state index is -4.69. The van der Waals surface area contributed by atoms with Crippen molar-refractivity contribution in [1.29, 1.82) is 0 Å². The molecule has 2 heterocycles. The fourth-order valence-corrected chi connectivity index (χ4v) is 5.53. The number of amides is 1. The van der Waals surface area contributed by atoms with Crippen molar-refractivity contribution in [2.75, 3.05) is 18.6 Å². The number of nitro benzene ring substituents is 1. The minimum absolute atomic E-state index is 0.0731. The van der Waals surface area contributed by atoms with Crippen LogP contribution in [0.2, 0.25) is 0 Å². The summed E-state index contributed by atoms with van der Waals surface area (Å²) >= 11 is 0.546. The van der Waals surface area contributed by atoms with Crippen LogP contribution in [0.15, 0.2) is 45.7 Å².